The van der Waals surface area contributed by atoms with Crippen molar-refractivity contribution in [3.63, 3.8) is 0 Å². The fourth-order valence-electron chi connectivity index (χ4n) is 1.73. The lowest BCUT2D eigenvalue weighted by atomic mass is 10.0. The molecule has 0 spiro atoms. The fraction of sp³-hybridized carbons (Fsp3) is 0.923. The highest BCUT2D eigenvalue weighted by Gasteiger charge is 2.12. The van der Waals surface area contributed by atoms with E-state index in [4.69, 9.17) is 10.2 Å². The van der Waals surface area contributed by atoms with Crippen LogP contribution in [0.1, 0.15) is 33.6 Å². The van der Waals surface area contributed by atoms with Gasteiger partial charge in [-0.15, -0.1) is 0 Å². The normalized spacial score (nSPS) is 13.1. The molecule has 5 heteroatoms. The van der Waals surface area contributed by atoms with E-state index < -0.39 is 0 Å². The summed E-state index contributed by atoms with van der Waals surface area (Å²) < 4.78 is 0. The molecule has 5 nitrogen and oxygen atoms in total. The van der Waals surface area contributed by atoms with Gasteiger partial charge in [0.05, 0.1) is 19.8 Å². The minimum Gasteiger partial charge on any atom is -0.395 e. The molecule has 0 aromatic carbocycles. The van der Waals surface area contributed by atoms with Gasteiger partial charge >= 0.3 is 0 Å². The van der Waals surface area contributed by atoms with Crippen LogP contribution in [0.5, 0.6) is 0 Å². The van der Waals surface area contributed by atoms with Gasteiger partial charge in [0.2, 0.25) is 5.91 Å². The van der Waals surface area contributed by atoms with E-state index >= 15 is 0 Å². The van der Waals surface area contributed by atoms with Gasteiger partial charge in [0.25, 0.3) is 0 Å². The fourth-order valence-corrected chi connectivity index (χ4v) is 1.73. The standard InChI is InChI=1S/C13H28N2O3/c1-11(2)4-5-12(3)14-13(18)10-15(6-8-16)7-9-17/h11-12,16-17H,4-10H2,1-3H3,(H,14,18). The van der Waals surface area contributed by atoms with E-state index in [2.05, 4.69) is 19.2 Å². The lowest BCUT2D eigenvalue weighted by molar-refractivity contribution is -0.123. The highest BCUT2D eigenvalue weighted by Crippen LogP contribution is 2.06. The van der Waals surface area contributed by atoms with Gasteiger partial charge in [0.15, 0.2) is 0 Å². The third-order valence-corrected chi connectivity index (χ3v) is 2.78. The molecule has 0 aliphatic heterocycles. The van der Waals surface area contributed by atoms with Crippen LogP contribution in [0.4, 0.5) is 0 Å². The van der Waals surface area contributed by atoms with Gasteiger partial charge in [-0.05, 0) is 25.7 Å². The van der Waals surface area contributed by atoms with Crippen molar-refractivity contribution in [1.82, 2.24) is 10.2 Å². The van der Waals surface area contributed by atoms with Crippen molar-refractivity contribution in [2.75, 3.05) is 32.8 Å². The first-order chi connectivity index (χ1) is 8.49. The maximum Gasteiger partial charge on any atom is 0.234 e. The zero-order valence-electron chi connectivity index (χ0n) is 11.9. The molecule has 0 heterocycles. The Morgan fingerprint density at radius 1 is 1.11 bits per heavy atom. The van der Waals surface area contributed by atoms with Crippen LogP contribution in [0, 0.1) is 5.92 Å². The Bertz CT molecular complexity index is 216. The molecule has 0 fully saturated rings. The molecule has 1 atom stereocenters. The second-order valence-corrected chi connectivity index (χ2v) is 5.16. The third kappa shape index (κ3) is 9.39. The third-order valence-electron chi connectivity index (χ3n) is 2.78. The first kappa shape index (κ1) is 17.4. The summed E-state index contributed by atoms with van der Waals surface area (Å²) >= 11 is 0. The highest BCUT2D eigenvalue weighted by molar-refractivity contribution is 5.78. The smallest absolute Gasteiger partial charge is 0.234 e. The Morgan fingerprint density at radius 3 is 2.11 bits per heavy atom. The summed E-state index contributed by atoms with van der Waals surface area (Å²) in [5, 5.41) is 20.6. The number of hydrogen-bond acceptors (Lipinski definition) is 4. The van der Waals surface area contributed by atoms with E-state index in [1.54, 1.807) is 4.90 Å². The van der Waals surface area contributed by atoms with E-state index in [0.29, 0.717) is 19.0 Å². The van der Waals surface area contributed by atoms with Gasteiger partial charge in [0.1, 0.15) is 0 Å². The molecule has 0 saturated heterocycles. The van der Waals surface area contributed by atoms with E-state index in [-0.39, 0.29) is 31.7 Å². The summed E-state index contributed by atoms with van der Waals surface area (Å²) in [5.74, 6) is 0.595. The van der Waals surface area contributed by atoms with Crippen LogP contribution in [0.25, 0.3) is 0 Å². The maximum atomic E-state index is 11.7. The lowest BCUT2D eigenvalue weighted by Gasteiger charge is -2.21. The van der Waals surface area contributed by atoms with Crippen molar-refractivity contribution >= 4 is 5.91 Å². The Labute approximate surface area is 110 Å². The van der Waals surface area contributed by atoms with Gasteiger partial charge in [-0.2, -0.15) is 0 Å². The number of carbonyl (C=O) groups excluding carboxylic acids is 1. The summed E-state index contributed by atoms with van der Waals surface area (Å²) in [4.78, 5) is 13.5. The van der Waals surface area contributed by atoms with Crippen molar-refractivity contribution in [2.45, 2.75) is 39.7 Å². The first-order valence-electron chi connectivity index (χ1n) is 6.73. The Balaban J connectivity index is 3.91. The van der Waals surface area contributed by atoms with Crippen LogP contribution in [-0.2, 0) is 4.79 Å². The molecule has 108 valence electrons. The molecule has 1 unspecified atom stereocenters. The molecule has 0 aromatic heterocycles. The summed E-state index contributed by atoms with van der Waals surface area (Å²) in [6.07, 6.45) is 2.07. The monoisotopic (exact) mass is 260 g/mol. The Kier molecular flexibility index (Phi) is 9.92. The zero-order chi connectivity index (χ0) is 14.0. The number of amides is 1. The molecule has 0 aliphatic rings. The summed E-state index contributed by atoms with van der Waals surface area (Å²) in [6.45, 7) is 7.38. The molecule has 0 saturated carbocycles. The van der Waals surface area contributed by atoms with Gasteiger partial charge < -0.3 is 15.5 Å². The van der Waals surface area contributed by atoms with E-state index in [0.717, 1.165) is 12.8 Å². The van der Waals surface area contributed by atoms with Gasteiger partial charge in [-0.25, -0.2) is 0 Å². The highest BCUT2D eigenvalue weighted by atomic mass is 16.3. The first-order valence-corrected chi connectivity index (χ1v) is 6.73. The molecule has 0 radical (unpaired) electrons. The topological polar surface area (TPSA) is 72.8 Å². The lowest BCUT2D eigenvalue weighted by Crippen LogP contribution is -2.43. The SMILES string of the molecule is CC(C)CCC(C)NC(=O)CN(CCO)CCO. The van der Waals surface area contributed by atoms with Crippen molar-refractivity contribution in [3.8, 4) is 0 Å². The Morgan fingerprint density at radius 2 is 1.67 bits per heavy atom. The zero-order valence-corrected chi connectivity index (χ0v) is 11.9. The molecular weight excluding hydrogens is 232 g/mol. The number of hydrogen-bond donors (Lipinski definition) is 3. The number of aliphatic hydroxyl groups excluding tert-OH is 2. The van der Waals surface area contributed by atoms with Gasteiger partial charge in [0, 0.05) is 19.1 Å². The van der Waals surface area contributed by atoms with E-state index in [1.165, 1.54) is 0 Å². The second-order valence-electron chi connectivity index (χ2n) is 5.16. The van der Waals surface area contributed by atoms with Crippen LogP contribution >= 0.6 is 0 Å². The summed E-state index contributed by atoms with van der Waals surface area (Å²) in [6, 6.07) is 0.171. The minimum atomic E-state index is -0.0480. The summed E-state index contributed by atoms with van der Waals surface area (Å²) in [7, 11) is 0. The molecule has 0 aromatic rings. The largest absolute Gasteiger partial charge is 0.395 e. The molecular formula is C13H28N2O3. The number of nitrogens with zero attached hydrogens (tertiary/aromatic N) is 1. The number of aliphatic hydroxyl groups is 2. The van der Waals surface area contributed by atoms with Crippen molar-refractivity contribution < 1.29 is 15.0 Å². The van der Waals surface area contributed by atoms with Gasteiger partial charge in [-0.1, -0.05) is 13.8 Å². The van der Waals surface area contributed by atoms with Crippen LogP contribution in [0.15, 0.2) is 0 Å². The van der Waals surface area contributed by atoms with Crippen LogP contribution in [0.2, 0.25) is 0 Å². The predicted molar refractivity (Wildman–Crippen MR) is 72.3 cm³/mol. The molecule has 0 rings (SSSR count). The molecule has 3 N–H and O–H groups in total. The average Bonchev–Trinajstić information content (AvgIpc) is 2.26. The van der Waals surface area contributed by atoms with Crippen molar-refractivity contribution in [3.05, 3.63) is 0 Å². The van der Waals surface area contributed by atoms with Crippen molar-refractivity contribution in [2.24, 2.45) is 5.92 Å². The predicted octanol–water partition coefficient (Wildman–Crippen LogP) is 0.214. The molecule has 0 bridgehead atoms. The average molecular weight is 260 g/mol. The number of rotatable bonds is 10. The Hall–Kier alpha value is -0.650. The minimum absolute atomic E-state index is 0.00379. The molecule has 0 aliphatic carbocycles. The quantitative estimate of drug-likeness (QED) is 0.525. The van der Waals surface area contributed by atoms with Gasteiger partial charge in [-0.3, -0.25) is 9.69 Å². The summed E-state index contributed by atoms with van der Waals surface area (Å²) in [5.41, 5.74) is 0. The van der Waals surface area contributed by atoms with Crippen LogP contribution in [-0.4, -0.2) is 59.9 Å². The molecule has 1 amide bonds. The van der Waals surface area contributed by atoms with Crippen molar-refractivity contribution in [1.29, 1.82) is 0 Å². The number of nitrogens with one attached hydrogen (secondary N) is 1. The van der Waals surface area contributed by atoms with Crippen LogP contribution in [0.3, 0.4) is 0 Å². The molecule has 18 heavy (non-hydrogen) atoms. The van der Waals surface area contributed by atoms with Crippen LogP contribution < -0.4 is 5.32 Å². The maximum absolute atomic E-state index is 11.7. The van der Waals surface area contributed by atoms with E-state index in [1.807, 2.05) is 6.92 Å². The number of carbonyl (C=O) groups is 1. The second kappa shape index (κ2) is 10.3. The van der Waals surface area contributed by atoms with E-state index in [9.17, 15) is 4.79 Å².